The lowest BCUT2D eigenvalue weighted by atomic mass is 10.4. The van der Waals surface area contributed by atoms with Gasteiger partial charge in [-0.05, 0) is 12.1 Å². The molecule has 18 heavy (non-hydrogen) atoms. The van der Waals surface area contributed by atoms with Gasteiger partial charge in [0.2, 0.25) is 0 Å². The second kappa shape index (κ2) is 4.36. The molecule has 7 heteroatoms. The van der Waals surface area contributed by atoms with Crippen molar-refractivity contribution in [2.75, 3.05) is 5.32 Å². The van der Waals surface area contributed by atoms with E-state index in [0.29, 0.717) is 12.2 Å². The molecule has 0 atom stereocenters. The van der Waals surface area contributed by atoms with Crippen LogP contribution in [0.2, 0.25) is 0 Å². The molecule has 3 heterocycles. The van der Waals surface area contributed by atoms with E-state index in [1.54, 1.807) is 23.4 Å². The van der Waals surface area contributed by atoms with Crippen LogP contribution in [0, 0.1) is 0 Å². The summed E-state index contributed by atoms with van der Waals surface area (Å²) >= 11 is 0. The third-order valence-corrected chi connectivity index (χ3v) is 2.41. The van der Waals surface area contributed by atoms with Crippen LogP contribution < -0.4 is 5.32 Å². The summed E-state index contributed by atoms with van der Waals surface area (Å²) in [6, 6.07) is 3.74. The van der Waals surface area contributed by atoms with Gasteiger partial charge in [0.1, 0.15) is 17.7 Å². The van der Waals surface area contributed by atoms with Crippen LogP contribution in [-0.2, 0) is 13.6 Å². The third kappa shape index (κ3) is 2.10. The van der Waals surface area contributed by atoms with Crippen molar-refractivity contribution in [3.8, 4) is 0 Å². The third-order valence-electron chi connectivity index (χ3n) is 2.41. The minimum Gasteiger partial charge on any atom is -0.363 e. The Bertz CT molecular complexity index is 676. The fourth-order valence-corrected chi connectivity index (χ4v) is 1.59. The van der Waals surface area contributed by atoms with Gasteiger partial charge in [-0.2, -0.15) is 5.10 Å². The van der Waals surface area contributed by atoms with Crippen LogP contribution in [0.5, 0.6) is 0 Å². The maximum atomic E-state index is 4.35. The summed E-state index contributed by atoms with van der Waals surface area (Å²) in [5, 5.41) is 7.32. The monoisotopic (exact) mass is 241 g/mol. The zero-order valence-corrected chi connectivity index (χ0v) is 9.78. The highest BCUT2D eigenvalue weighted by molar-refractivity contribution is 5.71. The summed E-state index contributed by atoms with van der Waals surface area (Å²) in [5.41, 5.74) is 1.40. The van der Waals surface area contributed by atoms with Crippen molar-refractivity contribution in [3.63, 3.8) is 0 Å². The fourth-order valence-electron chi connectivity index (χ4n) is 1.59. The predicted octanol–water partition coefficient (Wildman–Crippen LogP) is 0.765. The van der Waals surface area contributed by atoms with E-state index >= 15 is 0 Å². The van der Waals surface area contributed by atoms with Gasteiger partial charge < -0.3 is 5.32 Å². The molecule has 0 spiro atoms. The average Bonchev–Trinajstić information content (AvgIpc) is 2.82. The molecule has 0 aliphatic rings. The van der Waals surface area contributed by atoms with E-state index < -0.39 is 0 Å². The number of hydrogen-bond acceptors (Lipinski definition) is 6. The molecule has 0 aliphatic carbocycles. The molecule has 0 aliphatic heterocycles. The van der Waals surface area contributed by atoms with E-state index in [4.69, 9.17) is 0 Å². The van der Waals surface area contributed by atoms with Crippen LogP contribution in [-0.4, -0.2) is 29.7 Å². The smallest absolute Gasteiger partial charge is 0.180 e. The molecule has 3 rings (SSSR count). The van der Waals surface area contributed by atoms with Crippen LogP contribution in [0.4, 0.5) is 5.82 Å². The first-order chi connectivity index (χ1) is 8.81. The number of aryl methyl sites for hydroxylation is 1. The molecule has 7 nitrogen and oxygen atoms in total. The second-order valence-electron chi connectivity index (χ2n) is 3.78. The van der Waals surface area contributed by atoms with E-state index in [1.807, 2.05) is 19.2 Å². The lowest BCUT2D eigenvalue weighted by Gasteiger charge is -2.03. The Balaban J connectivity index is 1.78. The Labute approximate surface area is 103 Å². The number of nitrogens with zero attached hydrogens (tertiary/aromatic N) is 6. The lowest BCUT2D eigenvalue weighted by molar-refractivity contribution is 0.747. The van der Waals surface area contributed by atoms with E-state index in [0.717, 1.165) is 17.2 Å². The van der Waals surface area contributed by atoms with Crippen LogP contribution in [0.3, 0.4) is 0 Å². The first-order valence-electron chi connectivity index (χ1n) is 5.47. The highest BCUT2D eigenvalue weighted by Gasteiger charge is 2.01. The van der Waals surface area contributed by atoms with Gasteiger partial charge in [-0.15, -0.1) is 0 Å². The van der Waals surface area contributed by atoms with Crippen LogP contribution >= 0.6 is 0 Å². The molecule has 0 bridgehead atoms. The Morgan fingerprint density at radius 2 is 2.06 bits per heavy atom. The van der Waals surface area contributed by atoms with Gasteiger partial charge in [-0.3, -0.25) is 9.67 Å². The summed E-state index contributed by atoms with van der Waals surface area (Å²) in [6.45, 7) is 0.527. The van der Waals surface area contributed by atoms with Crippen molar-refractivity contribution < 1.29 is 0 Å². The summed E-state index contributed by atoms with van der Waals surface area (Å²) in [4.78, 5) is 16.8. The topological polar surface area (TPSA) is 81.4 Å². The lowest BCUT2D eigenvalue weighted by Crippen LogP contribution is -2.04. The van der Waals surface area contributed by atoms with E-state index in [2.05, 4.69) is 30.4 Å². The molecular weight excluding hydrogens is 230 g/mol. The van der Waals surface area contributed by atoms with Crippen molar-refractivity contribution in [1.29, 1.82) is 0 Å². The number of anilines is 1. The number of aromatic nitrogens is 6. The molecule has 0 saturated heterocycles. The van der Waals surface area contributed by atoms with Crippen molar-refractivity contribution in [3.05, 3.63) is 36.7 Å². The molecule has 0 unspecified atom stereocenters. The number of hydrogen-bond donors (Lipinski definition) is 1. The van der Waals surface area contributed by atoms with Crippen LogP contribution in [0.15, 0.2) is 30.9 Å². The Morgan fingerprint density at radius 1 is 1.17 bits per heavy atom. The highest BCUT2D eigenvalue weighted by Crippen LogP contribution is 2.10. The minimum absolute atomic E-state index is 0.527. The molecular formula is C11H11N7. The molecule has 0 aromatic carbocycles. The summed E-state index contributed by atoms with van der Waals surface area (Å²) in [7, 11) is 1.83. The largest absolute Gasteiger partial charge is 0.363 e. The van der Waals surface area contributed by atoms with E-state index in [9.17, 15) is 0 Å². The van der Waals surface area contributed by atoms with Crippen LogP contribution in [0.1, 0.15) is 5.82 Å². The van der Waals surface area contributed by atoms with E-state index in [1.165, 1.54) is 0 Å². The zero-order valence-electron chi connectivity index (χ0n) is 9.78. The van der Waals surface area contributed by atoms with Gasteiger partial charge in [-0.25, -0.2) is 15.0 Å². The van der Waals surface area contributed by atoms with Gasteiger partial charge in [-0.1, -0.05) is 0 Å². The SMILES string of the molecule is Cn1cnc(CNc2ccc3nccnc3n2)n1. The number of nitrogens with one attached hydrogen (secondary N) is 1. The normalized spacial score (nSPS) is 10.7. The molecule has 3 aromatic rings. The van der Waals surface area contributed by atoms with E-state index in [-0.39, 0.29) is 0 Å². The van der Waals surface area contributed by atoms with Crippen molar-refractivity contribution in [2.24, 2.45) is 7.05 Å². The molecule has 0 amide bonds. The molecule has 0 radical (unpaired) electrons. The molecule has 3 aromatic heterocycles. The Hall–Kier alpha value is -2.57. The first-order valence-corrected chi connectivity index (χ1v) is 5.47. The van der Waals surface area contributed by atoms with Crippen LogP contribution in [0.25, 0.3) is 11.2 Å². The number of fused-ring (bicyclic) bond motifs is 1. The molecule has 90 valence electrons. The first kappa shape index (κ1) is 10.6. The molecule has 1 N–H and O–H groups in total. The van der Waals surface area contributed by atoms with Gasteiger partial charge in [0.15, 0.2) is 11.5 Å². The van der Waals surface area contributed by atoms with Crippen molar-refractivity contribution in [2.45, 2.75) is 6.54 Å². The maximum Gasteiger partial charge on any atom is 0.180 e. The average molecular weight is 241 g/mol. The standard InChI is InChI=1S/C11H11N7/c1-18-7-15-10(17-18)6-14-9-3-2-8-11(16-9)13-5-4-12-8/h2-5,7H,6H2,1H3,(H,13,14,16). The predicted molar refractivity (Wildman–Crippen MR) is 65.7 cm³/mol. The fraction of sp³-hybridized carbons (Fsp3) is 0.182. The summed E-state index contributed by atoms with van der Waals surface area (Å²) in [6.07, 6.45) is 4.94. The minimum atomic E-state index is 0.527. The number of pyridine rings is 1. The summed E-state index contributed by atoms with van der Waals surface area (Å²) < 4.78 is 1.66. The molecule has 0 saturated carbocycles. The van der Waals surface area contributed by atoms with Gasteiger partial charge >= 0.3 is 0 Å². The maximum absolute atomic E-state index is 4.35. The molecule has 0 fully saturated rings. The van der Waals surface area contributed by atoms with Gasteiger partial charge in [0, 0.05) is 19.4 Å². The van der Waals surface area contributed by atoms with Gasteiger partial charge in [0.25, 0.3) is 0 Å². The highest BCUT2D eigenvalue weighted by atomic mass is 15.3. The Kier molecular flexibility index (Phi) is 2.56. The quantitative estimate of drug-likeness (QED) is 0.729. The second-order valence-corrected chi connectivity index (χ2v) is 3.78. The van der Waals surface area contributed by atoms with Gasteiger partial charge in [0.05, 0.1) is 6.54 Å². The summed E-state index contributed by atoms with van der Waals surface area (Å²) in [5.74, 6) is 1.45. The number of rotatable bonds is 3. The Morgan fingerprint density at radius 3 is 2.89 bits per heavy atom. The van der Waals surface area contributed by atoms with Crippen molar-refractivity contribution >= 4 is 17.0 Å². The zero-order chi connectivity index (χ0) is 12.4. The van der Waals surface area contributed by atoms with Crippen molar-refractivity contribution in [1.82, 2.24) is 29.7 Å².